The number of methoxy groups -OCH3 is 1. The van der Waals surface area contributed by atoms with Crippen molar-refractivity contribution in [1.29, 1.82) is 0 Å². The topological polar surface area (TPSA) is 80.2 Å². The molecular weight excluding hydrogens is 462 g/mol. The van der Waals surface area contributed by atoms with Crippen LogP contribution >= 0.6 is 11.8 Å². The lowest BCUT2D eigenvalue weighted by Crippen LogP contribution is -2.28. The monoisotopic (exact) mass is 487 g/mol. The van der Waals surface area contributed by atoms with Crippen LogP contribution in [0.15, 0.2) is 88.8 Å². The number of nitrogens with zero attached hydrogens (tertiary/aromatic N) is 2. The van der Waals surface area contributed by atoms with Crippen LogP contribution in [0.1, 0.15) is 12.5 Å². The summed E-state index contributed by atoms with van der Waals surface area (Å²) in [6.07, 6.45) is 1.80. The van der Waals surface area contributed by atoms with Crippen LogP contribution in [0.4, 0.5) is 11.4 Å². The van der Waals surface area contributed by atoms with Gasteiger partial charge in [-0.3, -0.25) is 14.5 Å². The molecule has 0 atom stereocenters. The first-order valence-corrected chi connectivity index (χ1v) is 11.9. The van der Waals surface area contributed by atoms with E-state index in [0.29, 0.717) is 33.8 Å². The third-order valence-electron chi connectivity index (χ3n) is 5.09. The summed E-state index contributed by atoms with van der Waals surface area (Å²) < 4.78 is 11.1. The van der Waals surface area contributed by atoms with Crippen molar-refractivity contribution in [3.05, 3.63) is 89.3 Å². The average molecular weight is 488 g/mol. The third kappa shape index (κ3) is 6.10. The lowest BCUT2D eigenvalue weighted by atomic mass is 10.2. The van der Waals surface area contributed by atoms with Crippen LogP contribution in [-0.4, -0.2) is 42.1 Å². The van der Waals surface area contributed by atoms with Crippen LogP contribution < -0.4 is 14.8 Å². The molecule has 178 valence electrons. The minimum atomic E-state index is -0.276. The number of aliphatic imine (C=N–C) groups is 1. The number of hydrogen-bond acceptors (Lipinski definition) is 6. The number of carbonyl (C=O) groups is 2. The number of benzene rings is 3. The summed E-state index contributed by atoms with van der Waals surface area (Å²) in [7, 11) is 1.53. The molecule has 0 saturated carbocycles. The Labute approximate surface area is 208 Å². The van der Waals surface area contributed by atoms with Gasteiger partial charge in [-0.2, -0.15) is 0 Å². The summed E-state index contributed by atoms with van der Waals surface area (Å²) in [5, 5.41) is 3.42. The van der Waals surface area contributed by atoms with Crippen LogP contribution in [-0.2, 0) is 9.59 Å². The van der Waals surface area contributed by atoms with Crippen LogP contribution in [0.2, 0.25) is 0 Å². The molecule has 7 nitrogen and oxygen atoms in total. The number of thioether (sulfide) groups is 1. The van der Waals surface area contributed by atoms with Crippen LogP contribution in [0.5, 0.6) is 11.5 Å². The molecule has 0 unspecified atom stereocenters. The number of rotatable bonds is 8. The number of amides is 2. The zero-order valence-electron chi connectivity index (χ0n) is 19.4. The number of para-hydroxylation sites is 2. The Kier molecular flexibility index (Phi) is 7.84. The number of anilines is 1. The molecule has 0 radical (unpaired) electrons. The largest absolute Gasteiger partial charge is 0.493 e. The molecule has 8 heteroatoms. The summed E-state index contributed by atoms with van der Waals surface area (Å²) in [5.41, 5.74) is 2.27. The van der Waals surface area contributed by atoms with Crippen molar-refractivity contribution in [3.63, 3.8) is 0 Å². The maximum absolute atomic E-state index is 12.9. The van der Waals surface area contributed by atoms with E-state index in [9.17, 15) is 9.59 Å². The molecular formula is C27H25N3O4S. The van der Waals surface area contributed by atoms with E-state index in [-0.39, 0.29) is 18.4 Å². The molecule has 3 aromatic carbocycles. The number of hydrogen-bond donors (Lipinski definition) is 1. The molecule has 4 rings (SSSR count). The first kappa shape index (κ1) is 24.1. The van der Waals surface area contributed by atoms with Crippen LogP contribution in [0.25, 0.3) is 6.08 Å². The second-order valence-corrected chi connectivity index (χ2v) is 8.51. The van der Waals surface area contributed by atoms with Gasteiger partial charge in [-0.05, 0) is 66.7 Å². The Balaban J connectivity index is 1.47. The predicted octanol–water partition coefficient (Wildman–Crippen LogP) is 5.34. The van der Waals surface area contributed by atoms with Crippen molar-refractivity contribution in [2.75, 3.05) is 25.6 Å². The SMILES string of the molecule is CCN1C(=O)C(=Cc2ccc(OCC(=O)Nc3ccccc3)c(OC)c2)SC1=Nc1ccccc1. The molecule has 0 aliphatic carbocycles. The second kappa shape index (κ2) is 11.4. The van der Waals surface area contributed by atoms with E-state index in [1.807, 2.05) is 61.5 Å². The fourth-order valence-corrected chi connectivity index (χ4v) is 4.45. The van der Waals surface area contributed by atoms with Gasteiger partial charge in [0, 0.05) is 12.2 Å². The maximum atomic E-state index is 12.9. The zero-order valence-corrected chi connectivity index (χ0v) is 20.2. The van der Waals surface area contributed by atoms with E-state index in [1.165, 1.54) is 18.9 Å². The van der Waals surface area contributed by atoms with E-state index in [1.54, 1.807) is 35.2 Å². The second-order valence-electron chi connectivity index (χ2n) is 7.50. The predicted molar refractivity (Wildman–Crippen MR) is 140 cm³/mol. The summed E-state index contributed by atoms with van der Waals surface area (Å²) in [4.78, 5) is 32.0. The summed E-state index contributed by atoms with van der Waals surface area (Å²) in [5.74, 6) is 0.531. The van der Waals surface area contributed by atoms with Gasteiger partial charge in [0.25, 0.3) is 11.8 Å². The standard InChI is InChI=1S/C27H25N3O4S/c1-3-30-26(32)24(35-27(30)29-21-12-8-5-9-13-21)17-19-14-15-22(23(16-19)33-2)34-18-25(31)28-20-10-6-4-7-11-20/h4-17H,3,18H2,1-2H3,(H,28,31). The van der Waals surface area contributed by atoms with Gasteiger partial charge >= 0.3 is 0 Å². The Morgan fingerprint density at radius 1 is 1.03 bits per heavy atom. The van der Waals surface area contributed by atoms with Crippen molar-refractivity contribution >= 4 is 46.2 Å². The van der Waals surface area contributed by atoms with Crippen molar-refractivity contribution in [3.8, 4) is 11.5 Å². The van der Waals surface area contributed by atoms with E-state index in [2.05, 4.69) is 10.3 Å². The van der Waals surface area contributed by atoms with Crippen LogP contribution in [0.3, 0.4) is 0 Å². The molecule has 1 saturated heterocycles. The highest BCUT2D eigenvalue weighted by Crippen LogP contribution is 2.35. The van der Waals surface area contributed by atoms with Gasteiger partial charge in [0.15, 0.2) is 23.3 Å². The molecule has 1 N–H and O–H groups in total. The Morgan fingerprint density at radius 2 is 1.74 bits per heavy atom. The molecule has 0 aromatic heterocycles. The van der Waals surface area contributed by atoms with Gasteiger partial charge in [-0.1, -0.05) is 42.5 Å². The average Bonchev–Trinajstić information content (AvgIpc) is 3.17. The van der Waals surface area contributed by atoms with E-state index in [0.717, 1.165) is 11.3 Å². The Hall–Kier alpha value is -4.04. The normalized spacial score (nSPS) is 15.5. The smallest absolute Gasteiger partial charge is 0.266 e. The Morgan fingerprint density at radius 3 is 2.43 bits per heavy atom. The fraction of sp³-hybridized carbons (Fsp3) is 0.148. The first-order valence-electron chi connectivity index (χ1n) is 11.1. The molecule has 35 heavy (non-hydrogen) atoms. The summed E-state index contributed by atoms with van der Waals surface area (Å²) in [6.45, 7) is 2.28. The third-order valence-corrected chi connectivity index (χ3v) is 6.09. The lowest BCUT2D eigenvalue weighted by Gasteiger charge is -2.12. The maximum Gasteiger partial charge on any atom is 0.266 e. The Bertz CT molecular complexity index is 1260. The molecule has 1 aliphatic heterocycles. The highest BCUT2D eigenvalue weighted by Gasteiger charge is 2.32. The number of ether oxygens (including phenoxy) is 2. The molecule has 0 bridgehead atoms. The quantitative estimate of drug-likeness (QED) is 0.434. The molecule has 2 amide bonds. The van der Waals surface area contributed by atoms with Crippen molar-refractivity contribution in [1.82, 2.24) is 4.90 Å². The van der Waals surface area contributed by atoms with Crippen molar-refractivity contribution in [2.45, 2.75) is 6.92 Å². The first-order chi connectivity index (χ1) is 17.1. The molecule has 3 aromatic rings. The lowest BCUT2D eigenvalue weighted by molar-refractivity contribution is -0.122. The number of amidine groups is 1. The number of carbonyl (C=O) groups excluding carboxylic acids is 2. The van der Waals surface area contributed by atoms with Gasteiger partial charge in [-0.15, -0.1) is 0 Å². The van der Waals surface area contributed by atoms with E-state index < -0.39 is 0 Å². The van der Waals surface area contributed by atoms with E-state index in [4.69, 9.17) is 9.47 Å². The zero-order chi connectivity index (χ0) is 24.6. The number of likely N-dealkylation sites (N-methyl/N-ethyl adjacent to an activating group) is 1. The molecule has 1 fully saturated rings. The van der Waals surface area contributed by atoms with Gasteiger partial charge in [0.05, 0.1) is 17.7 Å². The fourth-order valence-electron chi connectivity index (χ4n) is 3.39. The minimum Gasteiger partial charge on any atom is -0.493 e. The summed E-state index contributed by atoms with van der Waals surface area (Å²) >= 11 is 1.34. The van der Waals surface area contributed by atoms with E-state index >= 15 is 0 Å². The highest BCUT2D eigenvalue weighted by atomic mass is 32.2. The van der Waals surface area contributed by atoms with Gasteiger partial charge in [0.1, 0.15) is 0 Å². The molecule has 1 aliphatic rings. The van der Waals surface area contributed by atoms with Crippen LogP contribution in [0, 0.1) is 0 Å². The van der Waals surface area contributed by atoms with Gasteiger partial charge < -0.3 is 14.8 Å². The minimum absolute atomic E-state index is 0.0935. The van der Waals surface area contributed by atoms with Crippen molar-refractivity contribution < 1.29 is 19.1 Å². The van der Waals surface area contributed by atoms with Crippen molar-refractivity contribution in [2.24, 2.45) is 4.99 Å². The highest BCUT2D eigenvalue weighted by molar-refractivity contribution is 8.18. The summed E-state index contributed by atoms with van der Waals surface area (Å²) in [6, 6.07) is 24.0. The van der Waals surface area contributed by atoms with Gasteiger partial charge in [0.2, 0.25) is 0 Å². The number of nitrogens with one attached hydrogen (secondary N) is 1. The van der Waals surface area contributed by atoms with Gasteiger partial charge in [-0.25, -0.2) is 4.99 Å². The molecule has 0 spiro atoms. The molecule has 1 heterocycles.